The highest BCUT2D eigenvalue weighted by molar-refractivity contribution is 6.33. The summed E-state index contributed by atoms with van der Waals surface area (Å²) in [6.45, 7) is 7.17. The molecule has 94 valence electrons. The molecule has 0 aliphatic heterocycles. The number of pyridine rings is 1. The van der Waals surface area contributed by atoms with E-state index in [9.17, 15) is 4.79 Å². The van der Waals surface area contributed by atoms with E-state index < -0.39 is 5.97 Å². The maximum Gasteiger partial charge on any atom is 0.356 e. The van der Waals surface area contributed by atoms with Crippen LogP contribution in [0, 0.1) is 11.8 Å². The van der Waals surface area contributed by atoms with Crippen molar-refractivity contribution in [1.29, 1.82) is 0 Å². The largest absolute Gasteiger partial charge is 0.476 e. The maximum absolute atomic E-state index is 10.8. The Balaban J connectivity index is 2.73. The van der Waals surface area contributed by atoms with E-state index in [-0.39, 0.29) is 10.7 Å². The first kappa shape index (κ1) is 13.8. The Bertz CT molecular complexity index is 407. The van der Waals surface area contributed by atoms with Crippen molar-refractivity contribution in [3.63, 3.8) is 0 Å². The molecule has 0 aliphatic carbocycles. The smallest absolute Gasteiger partial charge is 0.356 e. The van der Waals surface area contributed by atoms with Crippen molar-refractivity contribution < 1.29 is 9.90 Å². The molecule has 0 saturated heterocycles. The van der Waals surface area contributed by atoms with Crippen molar-refractivity contribution >= 4 is 23.4 Å². The fourth-order valence-electron chi connectivity index (χ4n) is 1.19. The summed E-state index contributed by atoms with van der Waals surface area (Å²) in [6.07, 6.45) is 0. The second-order valence-corrected chi connectivity index (χ2v) is 4.84. The third kappa shape index (κ3) is 3.89. The van der Waals surface area contributed by atoms with Gasteiger partial charge in [0.05, 0.1) is 5.02 Å². The van der Waals surface area contributed by atoms with Crippen LogP contribution in [-0.4, -0.2) is 22.6 Å². The number of rotatable bonds is 5. The zero-order valence-electron chi connectivity index (χ0n) is 10.2. The number of nitrogens with zero attached hydrogens (tertiary/aromatic N) is 1. The summed E-state index contributed by atoms with van der Waals surface area (Å²) in [5.41, 5.74) is -0.117. The number of carboxylic acids is 1. The van der Waals surface area contributed by atoms with E-state index in [1.165, 1.54) is 0 Å². The second kappa shape index (κ2) is 5.87. The maximum atomic E-state index is 10.8. The molecule has 0 bridgehead atoms. The fraction of sp³-hybridized carbons (Fsp3) is 0.500. The highest BCUT2D eigenvalue weighted by Crippen LogP contribution is 2.17. The van der Waals surface area contributed by atoms with Gasteiger partial charge < -0.3 is 10.4 Å². The van der Waals surface area contributed by atoms with Crippen molar-refractivity contribution in [2.24, 2.45) is 11.8 Å². The van der Waals surface area contributed by atoms with E-state index in [1.807, 2.05) is 0 Å². The first-order chi connectivity index (χ1) is 7.91. The molecular weight excluding hydrogens is 240 g/mol. The van der Waals surface area contributed by atoms with E-state index in [4.69, 9.17) is 16.7 Å². The van der Waals surface area contributed by atoms with Gasteiger partial charge >= 0.3 is 5.97 Å². The third-order valence-corrected chi connectivity index (χ3v) is 3.10. The van der Waals surface area contributed by atoms with E-state index in [2.05, 4.69) is 31.1 Å². The molecule has 0 aromatic carbocycles. The van der Waals surface area contributed by atoms with Crippen molar-refractivity contribution in [3.05, 3.63) is 22.8 Å². The Morgan fingerprint density at radius 3 is 2.65 bits per heavy atom. The lowest BCUT2D eigenvalue weighted by Crippen LogP contribution is -2.17. The first-order valence-electron chi connectivity index (χ1n) is 5.55. The number of carbonyl (C=O) groups is 1. The van der Waals surface area contributed by atoms with Gasteiger partial charge in [0.1, 0.15) is 5.82 Å². The molecule has 1 aromatic heterocycles. The van der Waals surface area contributed by atoms with E-state index in [1.54, 1.807) is 12.1 Å². The van der Waals surface area contributed by atoms with Crippen molar-refractivity contribution in [1.82, 2.24) is 4.98 Å². The number of nitrogens with one attached hydrogen (secondary N) is 1. The van der Waals surface area contributed by atoms with Crippen LogP contribution in [0.1, 0.15) is 31.3 Å². The van der Waals surface area contributed by atoms with Gasteiger partial charge in [0.15, 0.2) is 5.69 Å². The van der Waals surface area contributed by atoms with Crippen LogP contribution < -0.4 is 5.32 Å². The predicted molar refractivity (Wildman–Crippen MR) is 68.7 cm³/mol. The summed E-state index contributed by atoms with van der Waals surface area (Å²) in [5.74, 6) is 0.476. The zero-order chi connectivity index (χ0) is 13.0. The molecule has 1 heterocycles. The number of halogens is 1. The molecule has 1 unspecified atom stereocenters. The first-order valence-corrected chi connectivity index (χ1v) is 5.93. The minimum Gasteiger partial charge on any atom is -0.476 e. The molecule has 17 heavy (non-hydrogen) atoms. The van der Waals surface area contributed by atoms with Gasteiger partial charge in [-0.3, -0.25) is 0 Å². The average Bonchev–Trinajstić information content (AvgIpc) is 2.26. The standard InChI is InChI=1S/C12H17ClN2O2/c1-7(2)8(3)6-14-10-5-4-9(13)11(15-10)12(16)17/h4-5,7-8H,6H2,1-3H3,(H,14,15)(H,16,17). The molecule has 0 fully saturated rings. The summed E-state index contributed by atoms with van der Waals surface area (Å²) >= 11 is 5.73. The zero-order valence-corrected chi connectivity index (χ0v) is 11.0. The highest BCUT2D eigenvalue weighted by Gasteiger charge is 2.12. The van der Waals surface area contributed by atoms with Crippen LogP contribution in [0.5, 0.6) is 0 Å². The molecule has 4 nitrogen and oxygen atoms in total. The number of anilines is 1. The average molecular weight is 257 g/mol. The Kier molecular flexibility index (Phi) is 4.75. The molecule has 0 radical (unpaired) electrons. The molecule has 2 N–H and O–H groups in total. The number of hydrogen-bond acceptors (Lipinski definition) is 3. The lowest BCUT2D eigenvalue weighted by atomic mass is 9.98. The molecule has 0 aliphatic rings. The summed E-state index contributed by atoms with van der Waals surface area (Å²) in [4.78, 5) is 14.8. The van der Waals surface area contributed by atoms with E-state index >= 15 is 0 Å². The summed E-state index contributed by atoms with van der Waals surface area (Å²) < 4.78 is 0. The van der Waals surface area contributed by atoms with Crippen LogP contribution in [0.3, 0.4) is 0 Å². The van der Waals surface area contributed by atoms with Crippen molar-refractivity contribution in [3.8, 4) is 0 Å². The fourth-order valence-corrected chi connectivity index (χ4v) is 1.38. The van der Waals surface area contributed by atoms with Crippen LogP contribution in [0.15, 0.2) is 12.1 Å². The molecule has 0 spiro atoms. The van der Waals surface area contributed by atoms with E-state index in [0.717, 1.165) is 6.54 Å². The monoisotopic (exact) mass is 256 g/mol. The quantitative estimate of drug-likeness (QED) is 0.850. The van der Waals surface area contributed by atoms with Gasteiger partial charge in [0, 0.05) is 6.54 Å². The summed E-state index contributed by atoms with van der Waals surface area (Å²) in [6, 6.07) is 3.22. The minimum atomic E-state index is -1.12. The van der Waals surface area contributed by atoms with Gasteiger partial charge in [-0.05, 0) is 24.0 Å². The number of aromatic nitrogens is 1. The van der Waals surface area contributed by atoms with Crippen LogP contribution in [0.2, 0.25) is 5.02 Å². The number of aromatic carboxylic acids is 1. The SMILES string of the molecule is CC(C)C(C)CNc1ccc(Cl)c(C(=O)O)n1. The topological polar surface area (TPSA) is 62.2 Å². The van der Waals surface area contributed by atoms with Crippen LogP contribution >= 0.6 is 11.6 Å². The van der Waals surface area contributed by atoms with Crippen LogP contribution in [0.4, 0.5) is 5.82 Å². The van der Waals surface area contributed by atoms with Crippen molar-refractivity contribution in [2.75, 3.05) is 11.9 Å². The van der Waals surface area contributed by atoms with Crippen molar-refractivity contribution in [2.45, 2.75) is 20.8 Å². The highest BCUT2D eigenvalue weighted by atomic mass is 35.5. The molecular formula is C12H17ClN2O2. The molecule has 0 amide bonds. The number of carboxylic acid groups (broad SMARTS) is 1. The predicted octanol–water partition coefficient (Wildman–Crippen LogP) is 3.14. The van der Waals surface area contributed by atoms with Gasteiger partial charge in [0.2, 0.25) is 0 Å². The van der Waals surface area contributed by atoms with Gasteiger partial charge in [0.25, 0.3) is 0 Å². The third-order valence-electron chi connectivity index (χ3n) is 2.79. The van der Waals surface area contributed by atoms with Crippen LogP contribution in [-0.2, 0) is 0 Å². The van der Waals surface area contributed by atoms with Gasteiger partial charge in [-0.25, -0.2) is 9.78 Å². The lowest BCUT2D eigenvalue weighted by Gasteiger charge is -2.16. The molecule has 5 heteroatoms. The lowest BCUT2D eigenvalue weighted by molar-refractivity contribution is 0.0691. The van der Waals surface area contributed by atoms with Gasteiger partial charge in [-0.2, -0.15) is 0 Å². The Hall–Kier alpha value is -1.29. The molecule has 1 atom stereocenters. The van der Waals surface area contributed by atoms with Gasteiger partial charge in [-0.15, -0.1) is 0 Å². The van der Waals surface area contributed by atoms with Gasteiger partial charge in [-0.1, -0.05) is 32.4 Å². The minimum absolute atomic E-state index is 0.117. The second-order valence-electron chi connectivity index (χ2n) is 4.43. The molecule has 0 saturated carbocycles. The summed E-state index contributed by atoms with van der Waals surface area (Å²) in [7, 11) is 0. The molecule has 1 rings (SSSR count). The Morgan fingerprint density at radius 2 is 2.12 bits per heavy atom. The summed E-state index contributed by atoms with van der Waals surface area (Å²) in [5, 5.41) is 12.1. The molecule has 1 aromatic rings. The Labute approximate surface area is 106 Å². The van der Waals surface area contributed by atoms with E-state index in [0.29, 0.717) is 17.7 Å². The Morgan fingerprint density at radius 1 is 1.47 bits per heavy atom. The normalized spacial score (nSPS) is 12.5. The van der Waals surface area contributed by atoms with Crippen LogP contribution in [0.25, 0.3) is 0 Å². The number of hydrogen-bond donors (Lipinski definition) is 2.